The van der Waals surface area contributed by atoms with Crippen LogP contribution in [0.1, 0.15) is 44.2 Å². The highest BCUT2D eigenvalue weighted by atomic mass is 14.2. The summed E-state index contributed by atoms with van der Waals surface area (Å²) in [6, 6.07) is 8.71. The van der Waals surface area contributed by atoms with Gasteiger partial charge in [0.2, 0.25) is 0 Å². The molecule has 118 valence electrons. The molecule has 0 atom stereocenters. The van der Waals surface area contributed by atoms with E-state index in [9.17, 15) is 0 Å². The Morgan fingerprint density at radius 2 is 1.70 bits per heavy atom. The average Bonchev–Trinajstić information content (AvgIpc) is 2.52. The second-order valence-electron chi connectivity index (χ2n) is 6.21. The molecule has 1 rings (SSSR count). The van der Waals surface area contributed by atoms with Crippen molar-refractivity contribution in [2.75, 3.05) is 0 Å². The fourth-order valence-electron chi connectivity index (χ4n) is 2.92. The van der Waals surface area contributed by atoms with Crippen molar-refractivity contribution in [3.05, 3.63) is 89.4 Å². The first-order valence-electron chi connectivity index (χ1n) is 8.39. The summed E-state index contributed by atoms with van der Waals surface area (Å²) in [5, 5.41) is 1.31. The summed E-state index contributed by atoms with van der Waals surface area (Å²) in [6.07, 6.45) is 8.94. The minimum absolute atomic E-state index is 0.485. The van der Waals surface area contributed by atoms with E-state index in [1.807, 2.05) is 12.2 Å². The van der Waals surface area contributed by atoms with Crippen molar-refractivity contribution >= 4 is 21.3 Å². The van der Waals surface area contributed by atoms with Crippen molar-refractivity contribution in [2.24, 2.45) is 0 Å². The number of rotatable bonds is 7. The zero-order valence-corrected chi connectivity index (χ0v) is 15.3. The number of allylic oxidation sites excluding steroid dienone is 7. The van der Waals surface area contributed by atoms with Gasteiger partial charge in [0.25, 0.3) is 0 Å². The summed E-state index contributed by atoms with van der Waals surface area (Å²) in [5.74, 6) is 0.485. The molecule has 0 unspecified atom stereocenters. The summed E-state index contributed by atoms with van der Waals surface area (Å²) in [7, 11) is 4.37. The Kier molecular flexibility index (Phi) is 7.68. The van der Waals surface area contributed by atoms with E-state index in [1.165, 1.54) is 33.2 Å². The highest BCUT2D eigenvalue weighted by molar-refractivity contribution is 6.51. The van der Waals surface area contributed by atoms with Gasteiger partial charge in [-0.1, -0.05) is 82.5 Å². The Morgan fingerprint density at radius 3 is 2.17 bits per heavy atom. The molecule has 0 amide bonds. The Morgan fingerprint density at radius 1 is 1.09 bits per heavy atom. The molecule has 0 fully saturated rings. The van der Waals surface area contributed by atoms with Gasteiger partial charge in [-0.3, -0.25) is 0 Å². The van der Waals surface area contributed by atoms with Gasteiger partial charge in [0.15, 0.2) is 0 Å². The molecule has 0 saturated heterocycles. The first-order chi connectivity index (χ1) is 11.0. The average molecular weight is 302 g/mol. The molecule has 1 aromatic carbocycles. The van der Waals surface area contributed by atoms with Crippen LogP contribution in [0.4, 0.5) is 0 Å². The molecular weight excluding hydrogens is 274 g/mol. The van der Waals surface area contributed by atoms with Crippen LogP contribution in [0.5, 0.6) is 0 Å². The fraction of sp³-hybridized carbons (Fsp3) is 0.238. The second-order valence-corrected chi connectivity index (χ2v) is 6.21. The van der Waals surface area contributed by atoms with Gasteiger partial charge >= 0.3 is 0 Å². The van der Waals surface area contributed by atoms with Gasteiger partial charge in [-0.2, -0.15) is 0 Å². The lowest BCUT2D eigenvalue weighted by atomic mass is 9.69. The van der Waals surface area contributed by atoms with Gasteiger partial charge in [-0.05, 0) is 40.2 Å². The van der Waals surface area contributed by atoms with Gasteiger partial charge in [0.05, 0.1) is 0 Å². The van der Waals surface area contributed by atoms with Crippen molar-refractivity contribution in [3.8, 4) is 0 Å². The quantitative estimate of drug-likeness (QED) is 0.518. The third-order valence-corrected chi connectivity index (χ3v) is 3.95. The minimum atomic E-state index is 0.485. The Bertz CT molecular complexity index is 654. The molecule has 0 heterocycles. The molecule has 0 N–H and O–H groups in total. The van der Waals surface area contributed by atoms with Gasteiger partial charge in [0.1, 0.15) is 15.7 Å². The summed E-state index contributed by atoms with van der Waals surface area (Å²) in [6.45, 7) is 14.5. The molecule has 0 saturated carbocycles. The zero-order valence-electron chi connectivity index (χ0n) is 15.3. The Balaban J connectivity index is 3.69. The Labute approximate surface area is 144 Å². The highest BCUT2D eigenvalue weighted by Crippen LogP contribution is 2.35. The monoisotopic (exact) mass is 302 g/mol. The van der Waals surface area contributed by atoms with E-state index in [0.29, 0.717) is 5.92 Å². The van der Waals surface area contributed by atoms with E-state index in [0.717, 1.165) is 6.42 Å². The van der Waals surface area contributed by atoms with Gasteiger partial charge in [0, 0.05) is 0 Å². The maximum Gasteiger partial charge on any atom is 0.122 e. The van der Waals surface area contributed by atoms with Gasteiger partial charge in [-0.25, -0.2) is 0 Å². The molecular formula is C21H28B2. The third-order valence-electron chi connectivity index (χ3n) is 3.95. The number of hydrogen-bond acceptors (Lipinski definition) is 0. The molecule has 0 bridgehead atoms. The molecule has 0 radical (unpaired) electrons. The first-order valence-corrected chi connectivity index (χ1v) is 8.39. The fourth-order valence-corrected chi connectivity index (χ4v) is 2.92. The molecule has 0 spiro atoms. The predicted molar refractivity (Wildman–Crippen MR) is 111 cm³/mol. The molecule has 2 heteroatoms. The van der Waals surface area contributed by atoms with Gasteiger partial charge < -0.3 is 0 Å². The molecule has 0 aliphatic carbocycles. The van der Waals surface area contributed by atoms with E-state index in [4.69, 9.17) is 0 Å². The zero-order chi connectivity index (χ0) is 17.4. The lowest BCUT2D eigenvalue weighted by Crippen LogP contribution is -2.03. The maximum atomic E-state index is 3.92. The van der Waals surface area contributed by atoms with E-state index in [-0.39, 0.29) is 0 Å². The Hall–Kier alpha value is -1.95. The topological polar surface area (TPSA) is 0 Å². The van der Waals surface area contributed by atoms with Crippen molar-refractivity contribution in [1.82, 2.24) is 0 Å². The van der Waals surface area contributed by atoms with Crippen LogP contribution in [-0.2, 0) is 0 Å². The molecule has 0 aromatic heterocycles. The summed E-state index contributed by atoms with van der Waals surface area (Å²) in [4.78, 5) is 0. The standard InChI is InChI=1S/C21H28B2/c1-6-11-16(8-3)18(12-7-2)20(21(22)23)19-14-10-9-13-17(19)15(4)5/h6-7,9-15H,1-2,8,22-23H2,3-5H3/b16-11-,18-12+. The lowest BCUT2D eigenvalue weighted by molar-refractivity contribution is 0.862. The van der Waals surface area contributed by atoms with Crippen LogP contribution in [0, 0.1) is 0 Å². The van der Waals surface area contributed by atoms with Crippen molar-refractivity contribution in [2.45, 2.75) is 33.1 Å². The summed E-state index contributed by atoms with van der Waals surface area (Å²) >= 11 is 0. The maximum absolute atomic E-state index is 3.92. The van der Waals surface area contributed by atoms with E-state index in [2.05, 4.69) is 86.0 Å². The highest BCUT2D eigenvalue weighted by Gasteiger charge is 2.16. The molecule has 23 heavy (non-hydrogen) atoms. The SMILES string of the molecule is BC(B)=C(C(=C/C=C)/C(=C\C=C)CC)c1ccccc1C(C)C. The molecule has 1 aromatic rings. The largest absolute Gasteiger partial charge is 0.137 e. The molecule has 0 aliphatic rings. The van der Waals surface area contributed by atoms with E-state index in [1.54, 1.807) is 0 Å². The summed E-state index contributed by atoms with van der Waals surface area (Å²) < 4.78 is 0. The second kappa shape index (κ2) is 9.25. The van der Waals surface area contributed by atoms with Crippen LogP contribution < -0.4 is 0 Å². The number of benzene rings is 1. The lowest BCUT2D eigenvalue weighted by Gasteiger charge is -2.22. The van der Waals surface area contributed by atoms with Crippen LogP contribution in [-0.4, -0.2) is 15.7 Å². The van der Waals surface area contributed by atoms with Crippen LogP contribution in [0.2, 0.25) is 0 Å². The molecule has 0 aliphatic heterocycles. The van der Waals surface area contributed by atoms with Crippen molar-refractivity contribution < 1.29 is 0 Å². The van der Waals surface area contributed by atoms with Crippen molar-refractivity contribution in [1.29, 1.82) is 0 Å². The van der Waals surface area contributed by atoms with Crippen LogP contribution in [0.3, 0.4) is 0 Å². The van der Waals surface area contributed by atoms with E-state index < -0.39 is 0 Å². The van der Waals surface area contributed by atoms with Crippen LogP contribution in [0.15, 0.2) is 78.2 Å². The third kappa shape index (κ3) is 4.76. The van der Waals surface area contributed by atoms with Gasteiger partial charge in [-0.15, -0.1) is 5.37 Å². The normalized spacial score (nSPS) is 12.2. The van der Waals surface area contributed by atoms with E-state index >= 15 is 0 Å². The van der Waals surface area contributed by atoms with Crippen LogP contribution >= 0.6 is 0 Å². The van der Waals surface area contributed by atoms with Crippen molar-refractivity contribution in [3.63, 3.8) is 0 Å². The minimum Gasteiger partial charge on any atom is -0.137 e. The summed E-state index contributed by atoms with van der Waals surface area (Å²) in [5.41, 5.74) is 6.54. The van der Waals surface area contributed by atoms with Crippen LogP contribution in [0.25, 0.3) is 5.57 Å². The predicted octanol–water partition coefficient (Wildman–Crippen LogP) is 4.38. The smallest absolute Gasteiger partial charge is 0.122 e. The first kappa shape index (κ1) is 19.1. The molecule has 0 nitrogen and oxygen atoms in total. The number of hydrogen-bond donors (Lipinski definition) is 0.